The van der Waals surface area contributed by atoms with Crippen LogP contribution in [0.3, 0.4) is 0 Å². The molecule has 3 aliphatic rings. The number of hydrogen-bond acceptors (Lipinski definition) is 7. The molecule has 6 atom stereocenters. The van der Waals surface area contributed by atoms with Gasteiger partial charge in [-0.05, 0) is 13.8 Å². The first-order valence-corrected chi connectivity index (χ1v) is 6.64. The van der Waals surface area contributed by atoms with Crippen LogP contribution in [0.15, 0.2) is 0 Å². The average molecular weight is 286 g/mol. The monoisotopic (exact) mass is 286 g/mol. The second-order valence-corrected chi connectivity index (χ2v) is 5.78. The summed E-state index contributed by atoms with van der Waals surface area (Å²) in [6.07, 6.45) is -2.67. The molecule has 112 valence electrons. The molecule has 7 heteroatoms. The molecule has 3 rings (SSSR count). The lowest BCUT2D eigenvalue weighted by Gasteiger charge is -2.32. The average Bonchev–Trinajstić information content (AvgIpc) is 3.00. The van der Waals surface area contributed by atoms with Crippen LogP contribution >= 0.6 is 0 Å². The summed E-state index contributed by atoms with van der Waals surface area (Å²) in [6, 6.07) is 0. The van der Waals surface area contributed by atoms with Crippen molar-refractivity contribution >= 4 is 11.9 Å². The largest absolute Gasteiger partial charge is 0.457 e. The van der Waals surface area contributed by atoms with Crippen LogP contribution in [-0.4, -0.2) is 54.3 Å². The molecule has 0 bridgehead atoms. The number of epoxide rings is 1. The Labute approximate surface area is 116 Å². The van der Waals surface area contributed by atoms with Crippen molar-refractivity contribution in [3.8, 4) is 0 Å². The summed E-state index contributed by atoms with van der Waals surface area (Å²) in [6.45, 7) is 6.22. The number of esters is 2. The standard InChI is InChI=1S/C13H18O7/c1-5(14)16-9-7-8(18-7)10(17-6(2)15)12-11(9)19-13(3,4)20-12/h7-12H,1-4H3/t7-,8+,9-,10+,11+,12-. The van der Waals surface area contributed by atoms with Crippen molar-refractivity contribution in [1.82, 2.24) is 0 Å². The van der Waals surface area contributed by atoms with E-state index in [-0.39, 0.29) is 12.2 Å². The maximum atomic E-state index is 11.2. The molecule has 1 aliphatic carbocycles. The SMILES string of the molecule is CC(=O)O[C@@H]1[C@@H]2O[C@@H]2[C@H](OC(C)=O)[C@H]2OC(C)(C)O[C@@H]12. The number of rotatable bonds is 2. The minimum Gasteiger partial charge on any atom is -0.457 e. The van der Waals surface area contributed by atoms with Crippen LogP contribution < -0.4 is 0 Å². The molecule has 2 saturated heterocycles. The fourth-order valence-corrected chi connectivity index (χ4v) is 3.02. The number of hydrogen-bond donors (Lipinski definition) is 0. The van der Waals surface area contributed by atoms with Crippen LogP contribution in [0.25, 0.3) is 0 Å². The van der Waals surface area contributed by atoms with Gasteiger partial charge in [-0.3, -0.25) is 9.59 Å². The Kier molecular flexibility index (Phi) is 3.04. The van der Waals surface area contributed by atoms with E-state index in [2.05, 4.69) is 0 Å². The zero-order valence-corrected chi connectivity index (χ0v) is 11.8. The zero-order chi connectivity index (χ0) is 14.7. The van der Waals surface area contributed by atoms with Gasteiger partial charge in [-0.15, -0.1) is 0 Å². The predicted molar refractivity (Wildman–Crippen MR) is 63.6 cm³/mol. The number of fused-ring (bicyclic) bond motifs is 2. The molecule has 2 heterocycles. The van der Waals surface area contributed by atoms with E-state index in [1.165, 1.54) is 13.8 Å². The van der Waals surface area contributed by atoms with Crippen LogP contribution in [0.1, 0.15) is 27.7 Å². The second-order valence-electron chi connectivity index (χ2n) is 5.78. The molecule has 3 fully saturated rings. The highest BCUT2D eigenvalue weighted by atomic mass is 16.8. The number of ether oxygens (including phenoxy) is 5. The van der Waals surface area contributed by atoms with E-state index in [9.17, 15) is 9.59 Å². The van der Waals surface area contributed by atoms with Gasteiger partial charge >= 0.3 is 11.9 Å². The smallest absolute Gasteiger partial charge is 0.303 e. The van der Waals surface area contributed by atoms with Gasteiger partial charge in [-0.2, -0.15) is 0 Å². The van der Waals surface area contributed by atoms with Crippen LogP contribution in [0, 0.1) is 0 Å². The molecule has 7 nitrogen and oxygen atoms in total. The highest BCUT2D eigenvalue weighted by molar-refractivity contribution is 5.67. The van der Waals surface area contributed by atoms with Crippen LogP contribution in [-0.2, 0) is 33.3 Å². The molecule has 0 unspecified atom stereocenters. The lowest BCUT2D eigenvalue weighted by Crippen LogP contribution is -2.55. The van der Waals surface area contributed by atoms with Gasteiger partial charge in [0.2, 0.25) is 0 Å². The Morgan fingerprint density at radius 3 is 1.60 bits per heavy atom. The Balaban J connectivity index is 1.84. The van der Waals surface area contributed by atoms with Crippen LogP contribution in [0.4, 0.5) is 0 Å². The van der Waals surface area contributed by atoms with Gasteiger partial charge in [0.25, 0.3) is 0 Å². The van der Waals surface area contributed by atoms with E-state index in [4.69, 9.17) is 23.7 Å². The summed E-state index contributed by atoms with van der Waals surface area (Å²) >= 11 is 0. The quantitative estimate of drug-likeness (QED) is 0.527. The van der Waals surface area contributed by atoms with Crippen molar-refractivity contribution in [3.05, 3.63) is 0 Å². The summed E-state index contributed by atoms with van der Waals surface area (Å²) in [5.41, 5.74) is 0. The first kappa shape index (κ1) is 13.8. The minimum absolute atomic E-state index is 0.304. The molecular weight excluding hydrogens is 268 g/mol. The number of carbonyl (C=O) groups is 2. The normalized spacial score (nSPS) is 44.2. The van der Waals surface area contributed by atoms with Gasteiger partial charge in [-0.1, -0.05) is 0 Å². The fourth-order valence-electron chi connectivity index (χ4n) is 3.02. The van der Waals surface area contributed by atoms with E-state index in [0.717, 1.165) is 0 Å². The Bertz CT molecular complexity index is 408. The second kappa shape index (κ2) is 4.41. The maximum Gasteiger partial charge on any atom is 0.303 e. The molecule has 0 aromatic heterocycles. The van der Waals surface area contributed by atoms with Gasteiger partial charge in [0.15, 0.2) is 18.0 Å². The van der Waals surface area contributed by atoms with Crippen molar-refractivity contribution in [1.29, 1.82) is 0 Å². The van der Waals surface area contributed by atoms with Crippen molar-refractivity contribution in [2.24, 2.45) is 0 Å². The summed E-state index contributed by atoms with van der Waals surface area (Å²) in [7, 11) is 0. The Morgan fingerprint density at radius 2 is 1.25 bits per heavy atom. The topological polar surface area (TPSA) is 83.6 Å². The van der Waals surface area contributed by atoms with Crippen molar-refractivity contribution in [2.45, 2.75) is 70.1 Å². The van der Waals surface area contributed by atoms with Gasteiger partial charge in [-0.25, -0.2) is 0 Å². The predicted octanol–water partition coefficient (Wildman–Crippen LogP) is 0.151. The van der Waals surface area contributed by atoms with Gasteiger partial charge < -0.3 is 23.7 Å². The van der Waals surface area contributed by atoms with Crippen molar-refractivity contribution < 1.29 is 33.3 Å². The zero-order valence-electron chi connectivity index (χ0n) is 11.8. The summed E-state index contributed by atoms with van der Waals surface area (Å²) in [4.78, 5) is 22.5. The Hall–Kier alpha value is -1.18. The molecule has 2 aliphatic heterocycles. The van der Waals surface area contributed by atoms with Gasteiger partial charge in [0.05, 0.1) is 0 Å². The Morgan fingerprint density at radius 1 is 0.850 bits per heavy atom. The third kappa shape index (κ3) is 2.30. The molecule has 0 aromatic rings. The molecule has 0 radical (unpaired) electrons. The third-order valence-electron chi connectivity index (χ3n) is 3.62. The van der Waals surface area contributed by atoms with E-state index in [1.54, 1.807) is 13.8 Å². The fraction of sp³-hybridized carbons (Fsp3) is 0.846. The molecule has 0 amide bonds. The van der Waals surface area contributed by atoms with E-state index < -0.39 is 42.1 Å². The van der Waals surface area contributed by atoms with E-state index >= 15 is 0 Å². The molecule has 1 saturated carbocycles. The molecule has 0 spiro atoms. The number of carbonyl (C=O) groups excluding carboxylic acids is 2. The first-order chi connectivity index (χ1) is 9.28. The summed E-state index contributed by atoms with van der Waals surface area (Å²) in [5, 5.41) is 0. The molecule has 20 heavy (non-hydrogen) atoms. The first-order valence-electron chi connectivity index (χ1n) is 6.64. The van der Waals surface area contributed by atoms with Crippen molar-refractivity contribution in [2.75, 3.05) is 0 Å². The highest BCUT2D eigenvalue weighted by Crippen LogP contribution is 2.47. The van der Waals surface area contributed by atoms with Crippen molar-refractivity contribution in [3.63, 3.8) is 0 Å². The molecule has 0 N–H and O–H groups in total. The van der Waals surface area contributed by atoms with Crippen LogP contribution in [0.2, 0.25) is 0 Å². The molecule has 0 aromatic carbocycles. The lowest BCUT2D eigenvalue weighted by atomic mass is 9.89. The van der Waals surface area contributed by atoms with Crippen LogP contribution in [0.5, 0.6) is 0 Å². The van der Waals surface area contributed by atoms with E-state index in [0.29, 0.717) is 0 Å². The van der Waals surface area contributed by atoms with Gasteiger partial charge in [0.1, 0.15) is 24.4 Å². The maximum absolute atomic E-state index is 11.2. The lowest BCUT2D eigenvalue weighted by molar-refractivity contribution is -0.173. The third-order valence-corrected chi connectivity index (χ3v) is 3.62. The summed E-state index contributed by atoms with van der Waals surface area (Å²) in [5.74, 6) is -1.62. The highest BCUT2D eigenvalue weighted by Gasteiger charge is 2.68. The van der Waals surface area contributed by atoms with E-state index in [1.807, 2.05) is 0 Å². The van der Waals surface area contributed by atoms with Gasteiger partial charge in [0, 0.05) is 13.8 Å². The minimum atomic E-state index is -0.817. The molecular formula is C13H18O7. The summed E-state index contributed by atoms with van der Waals surface area (Å²) < 4.78 is 27.7.